The number of nitrogens with zero attached hydrogens (tertiary/aromatic N) is 6. The van der Waals surface area contributed by atoms with Crippen molar-refractivity contribution in [2.45, 2.75) is 108 Å². The van der Waals surface area contributed by atoms with Crippen LogP contribution in [0.25, 0.3) is 79.2 Å². The molecule has 10 aromatic rings. The molecule has 97 heavy (non-hydrogen) atoms. The molecule has 25 heteroatoms. The van der Waals surface area contributed by atoms with Gasteiger partial charge < -0.3 is 30.7 Å². The molecule has 0 spiro atoms. The number of carbonyl (C=O) groups is 2. The lowest BCUT2D eigenvalue weighted by molar-refractivity contribution is -0.0429. The second-order valence-electron chi connectivity index (χ2n) is 26.4. The Balaban J connectivity index is 0.000000175. The SMILES string of the molecule is CC(C)(C)OC(=O)NC1(c2ccc(-c3c(-c4ccc(NS(=O)(=O)C(F)(F)F)cc4)nc4n3-c3cccnc3Nc3ccccc3-4)cc2)CCC1.CC(C)(C)OC(=O)NC1(c2ccc(-c3c(-c4ccc(NS(C)(=O)=O)cc4)nc4n3-c3cccnc3Nc3ccccc3-4)cc2)CCC1. The zero-order valence-corrected chi connectivity index (χ0v) is 55.6. The van der Waals surface area contributed by atoms with Gasteiger partial charge >= 0.3 is 27.7 Å². The molecular weight excluding hydrogens is 1280 g/mol. The number of carbonyl (C=O) groups excluding carboxylic acids is 2. The van der Waals surface area contributed by atoms with Gasteiger partial charge in [-0.15, -0.1) is 0 Å². The van der Waals surface area contributed by atoms with Gasteiger partial charge in [0.25, 0.3) is 0 Å². The second-order valence-corrected chi connectivity index (χ2v) is 29.8. The Morgan fingerprint density at radius 3 is 1.22 bits per heavy atom. The van der Waals surface area contributed by atoms with Gasteiger partial charge in [0.1, 0.15) is 22.9 Å². The summed E-state index contributed by atoms with van der Waals surface area (Å²) in [4.78, 5) is 45.3. The van der Waals surface area contributed by atoms with E-state index < -0.39 is 60.0 Å². The molecule has 0 atom stereocenters. The number of pyridine rings is 2. The summed E-state index contributed by atoms with van der Waals surface area (Å²) < 4.78 is 106. The normalized spacial score (nSPS) is 14.8. The molecular formula is C72H69F3N12O8S2. The molecule has 6 aromatic carbocycles. The van der Waals surface area contributed by atoms with Gasteiger partial charge in [-0.1, -0.05) is 97.1 Å². The van der Waals surface area contributed by atoms with E-state index in [2.05, 4.69) is 64.8 Å². The molecule has 498 valence electrons. The third kappa shape index (κ3) is 13.2. The van der Waals surface area contributed by atoms with Gasteiger partial charge in [-0.05, 0) is 164 Å². The Labute approximate surface area is 559 Å². The highest BCUT2D eigenvalue weighted by molar-refractivity contribution is 7.93. The number of ether oxygens (including phenoxy) is 2. The first-order chi connectivity index (χ1) is 46.0. The number of fused-ring (bicyclic) bond motifs is 10. The fourth-order valence-electron chi connectivity index (χ4n) is 12.5. The largest absolute Gasteiger partial charge is 0.516 e. The van der Waals surface area contributed by atoms with Crippen molar-refractivity contribution < 1.29 is 49.1 Å². The summed E-state index contributed by atoms with van der Waals surface area (Å²) in [5.74, 6) is 2.63. The first kappa shape index (κ1) is 65.1. The van der Waals surface area contributed by atoms with Crippen molar-refractivity contribution in [3.63, 3.8) is 0 Å². The van der Waals surface area contributed by atoms with E-state index >= 15 is 0 Å². The number of alkyl halides is 3. The summed E-state index contributed by atoms with van der Waals surface area (Å²) in [6, 6.07) is 52.2. The number of aromatic nitrogens is 6. The monoisotopic (exact) mass is 1350 g/mol. The van der Waals surface area contributed by atoms with Crippen LogP contribution < -0.4 is 30.7 Å². The maximum absolute atomic E-state index is 13.1. The van der Waals surface area contributed by atoms with Gasteiger partial charge in [-0.2, -0.15) is 21.6 Å². The van der Waals surface area contributed by atoms with E-state index in [0.717, 1.165) is 118 Å². The van der Waals surface area contributed by atoms with E-state index in [-0.39, 0.29) is 5.69 Å². The van der Waals surface area contributed by atoms with Gasteiger partial charge in [0.15, 0.2) is 11.6 Å². The van der Waals surface area contributed by atoms with Crippen LogP contribution in [-0.2, 0) is 40.6 Å². The predicted molar refractivity (Wildman–Crippen MR) is 369 cm³/mol. The van der Waals surface area contributed by atoms with Crippen molar-refractivity contribution in [1.82, 2.24) is 39.7 Å². The van der Waals surface area contributed by atoms with E-state index in [1.54, 1.807) is 29.2 Å². The quantitative estimate of drug-likeness (QED) is 0.0665. The van der Waals surface area contributed by atoms with Crippen LogP contribution in [0.1, 0.15) is 91.2 Å². The van der Waals surface area contributed by atoms with Crippen molar-refractivity contribution in [1.29, 1.82) is 0 Å². The third-order valence-corrected chi connectivity index (χ3v) is 18.9. The molecule has 0 saturated heterocycles. The van der Waals surface area contributed by atoms with Crippen molar-refractivity contribution in [3.05, 3.63) is 193 Å². The minimum atomic E-state index is -5.60. The molecule has 6 heterocycles. The number of rotatable bonds is 12. The molecule has 2 fully saturated rings. The highest BCUT2D eigenvalue weighted by Gasteiger charge is 2.47. The molecule has 2 aliphatic carbocycles. The van der Waals surface area contributed by atoms with E-state index in [9.17, 15) is 39.6 Å². The van der Waals surface area contributed by atoms with E-state index in [1.165, 1.54) is 24.3 Å². The van der Waals surface area contributed by atoms with Crippen LogP contribution in [0.2, 0.25) is 0 Å². The summed E-state index contributed by atoms with van der Waals surface area (Å²) in [7, 11) is -9.03. The molecule has 0 unspecified atom stereocenters. The van der Waals surface area contributed by atoms with Gasteiger partial charge in [-0.3, -0.25) is 18.6 Å². The number of hydrogen-bond donors (Lipinski definition) is 6. The molecule has 4 aromatic heterocycles. The summed E-state index contributed by atoms with van der Waals surface area (Å²) in [5, 5.41) is 13.2. The molecule has 0 bridgehead atoms. The number of benzene rings is 6. The number of imidazole rings is 2. The van der Waals surface area contributed by atoms with Crippen LogP contribution in [0.5, 0.6) is 0 Å². The van der Waals surface area contributed by atoms with Gasteiger partial charge in [0.2, 0.25) is 10.0 Å². The topological polar surface area (TPSA) is 254 Å². The molecule has 2 amide bonds. The van der Waals surface area contributed by atoms with Crippen molar-refractivity contribution in [3.8, 4) is 79.2 Å². The zero-order valence-electron chi connectivity index (χ0n) is 54.0. The fourth-order valence-corrected chi connectivity index (χ4v) is 13.7. The Morgan fingerprint density at radius 1 is 0.495 bits per heavy atom. The van der Waals surface area contributed by atoms with Gasteiger partial charge in [-0.25, -0.2) is 37.9 Å². The Morgan fingerprint density at radius 2 is 0.866 bits per heavy atom. The highest BCUT2D eigenvalue weighted by atomic mass is 32.2. The van der Waals surface area contributed by atoms with Gasteiger partial charge in [0.05, 0.1) is 62.9 Å². The van der Waals surface area contributed by atoms with Crippen LogP contribution in [-0.4, -0.2) is 81.1 Å². The maximum Gasteiger partial charge on any atom is 0.516 e. The third-order valence-electron chi connectivity index (χ3n) is 17.1. The standard InChI is InChI=1S/C36H33F3N6O4S.C36H36N6O4S/c1-34(2,3)49-33(46)43-35(19-7-20-35)24-15-11-23(12-16-24)30-29(22-13-17-25(18-14-22)44-50(47,48)36(37,38)39)42-32-26-8-4-5-9-27(26)41-31-28(45(30)32)10-6-21-40-31;1-35(2,3)46-34(43)40-36(20-8-21-36)25-16-12-24(13-17-25)31-30(23-14-18-26(19-15-23)41-47(4,44)45)39-33-27-9-5-6-10-28(27)38-32-29(42(31)33)11-7-22-37-32/h4-6,8-18,21,44H,7,19-20H2,1-3H3,(H,40,41)(H,43,46);5-7,9-19,22,41H,8,20-21H2,1-4H3,(H,37,38)(H,40,43). The Bertz CT molecular complexity index is 4920. The lowest BCUT2D eigenvalue weighted by atomic mass is 9.71. The lowest BCUT2D eigenvalue weighted by Gasteiger charge is -2.43. The number of amides is 2. The number of hydrogen-bond acceptors (Lipinski definition) is 14. The van der Waals surface area contributed by atoms with Crippen LogP contribution >= 0.6 is 0 Å². The van der Waals surface area contributed by atoms with Crippen LogP contribution in [0.4, 0.5) is 57.1 Å². The Kier molecular flexibility index (Phi) is 16.5. The summed E-state index contributed by atoms with van der Waals surface area (Å²) >= 11 is 0. The van der Waals surface area contributed by atoms with Crippen molar-refractivity contribution in [2.24, 2.45) is 0 Å². The summed E-state index contributed by atoms with van der Waals surface area (Å²) in [6.45, 7) is 11.0. The minimum absolute atomic E-state index is 0.245. The molecule has 2 saturated carbocycles. The average Bonchev–Trinajstić information content (AvgIpc) is 1.64. The molecule has 6 N–H and O–H groups in total. The number of para-hydroxylation sites is 2. The fraction of sp³-hybridized carbons (Fsp3) is 0.250. The molecule has 20 nitrogen and oxygen atoms in total. The van der Waals surface area contributed by atoms with E-state index in [1.807, 2.05) is 155 Å². The number of halogens is 3. The van der Waals surface area contributed by atoms with E-state index in [4.69, 9.17) is 19.4 Å². The second kappa shape index (κ2) is 24.6. The average molecular weight is 1350 g/mol. The first-order valence-corrected chi connectivity index (χ1v) is 34.8. The molecule has 0 radical (unpaired) electrons. The van der Waals surface area contributed by atoms with Crippen LogP contribution in [0, 0.1) is 0 Å². The minimum Gasteiger partial charge on any atom is -0.444 e. The maximum atomic E-state index is 13.1. The number of alkyl carbamates (subject to hydrolysis) is 2. The zero-order chi connectivity index (χ0) is 68.5. The number of sulfonamides is 2. The highest BCUT2D eigenvalue weighted by Crippen LogP contribution is 2.49. The smallest absolute Gasteiger partial charge is 0.444 e. The van der Waals surface area contributed by atoms with Crippen molar-refractivity contribution in [2.75, 3.05) is 26.3 Å². The van der Waals surface area contributed by atoms with Crippen LogP contribution in [0.15, 0.2) is 182 Å². The molecule has 14 rings (SSSR count). The first-order valence-electron chi connectivity index (χ1n) is 31.4. The number of anilines is 6. The number of nitrogens with one attached hydrogen (secondary N) is 6. The summed E-state index contributed by atoms with van der Waals surface area (Å²) in [6.07, 6.45) is 8.79. The molecule has 4 aliphatic rings. The predicted octanol–water partition coefficient (Wildman–Crippen LogP) is 16.1. The van der Waals surface area contributed by atoms with Crippen LogP contribution in [0.3, 0.4) is 0 Å². The lowest BCUT2D eigenvalue weighted by Crippen LogP contribution is -2.52. The van der Waals surface area contributed by atoms with Gasteiger partial charge in [0, 0.05) is 57.1 Å². The van der Waals surface area contributed by atoms with E-state index in [0.29, 0.717) is 45.8 Å². The van der Waals surface area contributed by atoms with Crippen molar-refractivity contribution >= 4 is 66.6 Å². The Hall–Kier alpha value is -10.5. The molecule has 2 aliphatic heterocycles. The summed E-state index contributed by atoms with van der Waals surface area (Å²) in [5.41, 5.74) is 5.15.